The first-order valence-corrected chi connectivity index (χ1v) is 13.7. The molecule has 36 heavy (non-hydrogen) atoms. The van der Waals surface area contributed by atoms with Crippen molar-refractivity contribution >= 4 is 13.6 Å². The molecular weight excluding hydrogens is 483 g/mol. The minimum atomic E-state index is -3.84. The Labute approximate surface area is 213 Å². The molecule has 0 N–H and O–H groups in total. The third-order valence-electron chi connectivity index (χ3n) is 5.43. The van der Waals surface area contributed by atoms with Crippen LogP contribution in [0.5, 0.6) is 0 Å². The first kappa shape index (κ1) is 28.3. The number of hydrogen-bond donors (Lipinski definition) is 0. The Balaban J connectivity index is 1.96. The number of benzene rings is 2. The van der Waals surface area contributed by atoms with Gasteiger partial charge in [0.2, 0.25) is 0 Å². The van der Waals surface area contributed by atoms with E-state index in [0.29, 0.717) is 6.61 Å². The molecule has 0 aromatic heterocycles. The highest BCUT2D eigenvalue weighted by molar-refractivity contribution is 7.58. The molecule has 0 saturated carbocycles. The predicted molar refractivity (Wildman–Crippen MR) is 135 cm³/mol. The Morgan fingerprint density at radius 2 is 1.47 bits per heavy atom. The van der Waals surface area contributed by atoms with Crippen molar-refractivity contribution in [2.45, 2.75) is 59.2 Å². The van der Waals surface area contributed by atoms with Crippen LogP contribution < -0.4 is 0 Å². The van der Waals surface area contributed by atoms with Gasteiger partial charge in [0.15, 0.2) is 5.76 Å². The fourth-order valence-electron chi connectivity index (χ4n) is 3.99. The van der Waals surface area contributed by atoms with E-state index in [1.54, 1.807) is 20.8 Å². The van der Waals surface area contributed by atoms with Crippen molar-refractivity contribution in [3.05, 3.63) is 82.9 Å². The molecule has 3 atom stereocenters. The molecule has 0 radical (unpaired) electrons. The zero-order valence-electron chi connectivity index (χ0n) is 21.3. The van der Waals surface area contributed by atoms with E-state index in [1.165, 1.54) is 6.92 Å². The molecule has 0 bridgehead atoms. The minimum Gasteiger partial charge on any atom is -0.428 e. The molecule has 2 aromatic rings. The Hall–Kier alpha value is -2.32. The van der Waals surface area contributed by atoms with E-state index in [4.69, 9.17) is 28.0 Å². The van der Waals surface area contributed by atoms with Crippen molar-refractivity contribution in [2.24, 2.45) is 0 Å². The summed E-state index contributed by atoms with van der Waals surface area (Å²) in [5.74, 6) is -0.482. The summed E-state index contributed by atoms with van der Waals surface area (Å²) in [5, 5.41) is 0.152. The number of carbonyl (C=O) groups is 1. The zero-order valence-corrected chi connectivity index (χ0v) is 22.1. The number of hydrogen-bond acceptors (Lipinski definition) is 8. The second-order valence-corrected chi connectivity index (χ2v) is 10.2. The molecule has 1 aliphatic heterocycles. The Morgan fingerprint density at radius 1 is 0.917 bits per heavy atom. The van der Waals surface area contributed by atoms with Gasteiger partial charge in [0.05, 0.1) is 39.1 Å². The highest BCUT2D eigenvalue weighted by Gasteiger charge is 2.47. The first-order chi connectivity index (χ1) is 17.4. The molecule has 0 fully saturated rings. The smallest absolute Gasteiger partial charge is 0.363 e. The van der Waals surface area contributed by atoms with Gasteiger partial charge < -0.3 is 28.0 Å². The van der Waals surface area contributed by atoms with Gasteiger partial charge in [-0.1, -0.05) is 60.7 Å². The highest BCUT2D eigenvalue weighted by Crippen LogP contribution is 2.60. The Kier molecular flexibility index (Phi) is 10.9. The monoisotopic (exact) mass is 518 g/mol. The summed E-state index contributed by atoms with van der Waals surface area (Å²) in [7, 11) is -3.84. The third-order valence-corrected chi connectivity index (χ3v) is 7.80. The van der Waals surface area contributed by atoms with Crippen LogP contribution in [-0.2, 0) is 50.6 Å². The van der Waals surface area contributed by atoms with E-state index < -0.39 is 31.9 Å². The van der Waals surface area contributed by atoms with Crippen molar-refractivity contribution in [1.82, 2.24) is 0 Å². The average molecular weight is 519 g/mol. The SMILES string of the molecule is CCOP(=O)(OCC)C1=C(OC(C)=O)[C@@H](OCc2ccccc2)[C@@H](COCc2ccccc2)O[C@@H]1C. The summed E-state index contributed by atoms with van der Waals surface area (Å²) < 4.78 is 49.2. The molecule has 1 heterocycles. The van der Waals surface area contributed by atoms with Crippen LogP contribution in [0.25, 0.3) is 0 Å². The minimum absolute atomic E-state index is 0.0933. The quantitative estimate of drug-likeness (QED) is 0.250. The maximum absolute atomic E-state index is 13.8. The van der Waals surface area contributed by atoms with Gasteiger partial charge in [-0.25, -0.2) is 0 Å². The summed E-state index contributed by atoms with van der Waals surface area (Å²) >= 11 is 0. The van der Waals surface area contributed by atoms with Gasteiger partial charge in [-0.2, -0.15) is 0 Å². The second kappa shape index (κ2) is 13.8. The van der Waals surface area contributed by atoms with Crippen LogP contribution in [0.15, 0.2) is 71.7 Å². The van der Waals surface area contributed by atoms with E-state index in [2.05, 4.69) is 0 Å². The summed E-state index contributed by atoms with van der Waals surface area (Å²) in [6, 6.07) is 19.3. The molecule has 0 saturated heterocycles. The largest absolute Gasteiger partial charge is 0.428 e. The fourth-order valence-corrected chi connectivity index (χ4v) is 5.97. The van der Waals surface area contributed by atoms with Crippen LogP contribution in [-0.4, -0.2) is 44.1 Å². The van der Waals surface area contributed by atoms with Crippen LogP contribution in [0, 0.1) is 0 Å². The van der Waals surface area contributed by atoms with Crippen molar-refractivity contribution < 1.29 is 37.4 Å². The molecule has 2 aromatic carbocycles. The van der Waals surface area contributed by atoms with Crippen LogP contribution in [0.2, 0.25) is 0 Å². The van der Waals surface area contributed by atoms with Crippen molar-refractivity contribution in [1.29, 1.82) is 0 Å². The van der Waals surface area contributed by atoms with Crippen LogP contribution in [0.1, 0.15) is 38.8 Å². The van der Waals surface area contributed by atoms with Crippen molar-refractivity contribution in [3.8, 4) is 0 Å². The van der Waals surface area contributed by atoms with E-state index in [-0.39, 0.29) is 37.5 Å². The summed E-state index contributed by atoms with van der Waals surface area (Å²) in [6.45, 7) is 7.46. The van der Waals surface area contributed by atoms with Gasteiger partial charge in [-0.3, -0.25) is 9.36 Å². The molecule has 8 nitrogen and oxygen atoms in total. The predicted octanol–water partition coefficient (Wildman–Crippen LogP) is 5.62. The lowest BCUT2D eigenvalue weighted by molar-refractivity contribution is -0.155. The fraction of sp³-hybridized carbons (Fsp3) is 0.444. The molecule has 0 unspecified atom stereocenters. The Bertz CT molecular complexity index is 1030. The van der Waals surface area contributed by atoms with Gasteiger partial charge in [0, 0.05) is 6.92 Å². The van der Waals surface area contributed by atoms with E-state index >= 15 is 0 Å². The number of ether oxygens (including phenoxy) is 4. The van der Waals surface area contributed by atoms with E-state index in [1.807, 2.05) is 60.7 Å². The highest BCUT2D eigenvalue weighted by atomic mass is 31.2. The number of esters is 1. The average Bonchev–Trinajstić information content (AvgIpc) is 2.85. The molecule has 9 heteroatoms. The van der Waals surface area contributed by atoms with Gasteiger partial charge in [0.25, 0.3) is 0 Å². The molecule has 3 rings (SSSR count). The third kappa shape index (κ3) is 7.59. The van der Waals surface area contributed by atoms with E-state index in [9.17, 15) is 9.36 Å². The Morgan fingerprint density at radius 3 is 2.00 bits per heavy atom. The number of carbonyl (C=O) groups excluding carboxylic acids is 1. The lowest BCUT2D eigenvalue weighted by Crippen LogP contribution is -2.45. The molecular formula is C27H35O8P. The van der Waals surface area contributed by atoms with Crippen LogP contribution in [0.4, 0.5) is 0 Å². The normalized spacial score (nSPS) is 20.4. The topological polar surface area (TPSA) is 89.5 Å². The van der Waals surface area contributed by atoms with Gasteiger partial charge in [0.1, 0.15) is 17.5 Å². The molecule has 196 valence electrons. The molecule has 1 aliphatic rings. The van der Waals surface area contributed by atoms with Crippen molar-refractivity contribution in [3.63, 3.8) is 0 Å². The van der Waals surface area contributed by atoms with Gasteiger partial charge in [-0.05, 0) is 31.9 Å². The standard InChI is InChI=1S/C27H35O8P/c1-5-32-36(29,33-6-2)27-20(3)34-24(19-30-17-22-13-9-7-10-14-22)25(26(27)35-21(4)28)31-18-23-15-11-8-12-16-23/h7-16,20,24-25H,5-6,17-19H2,1-4H3/t20-,24-,25+/m1/s1. The van der Waals surface area contributed by atoms with E-state index in [0.717, 1.165) is 11.1 Å². The lowest BCUT2D eigenvalue weighted by atomic mass is 10.1. The van der Waals surface area contributed by atoms with Crippen LogP contribution >= 0.6 is 7.60 Å². The second-order valence-electron chi connectivity index (χ2n) is 8.21. The molecule has 0 spiro atoms. The maximum atomic E-state index is 13.8. The summed E-state index contributed by atoms with van der Waals surface area (Å²) in [6.07, 6.45) is -2.25. The van der Waals surface area contributed by atoms with Crippen LogP contribution in [0.3, 0.4) is 0 Å². The van der Waals surface area contributed by atoms with Crippen molar-refractivity contribution in [2.75, 3.05) is 19.8 Å². The summed E-state index contributed by atoms with van der Waals surface area (Å²) in [4.78, 5) is 12.2. The number of rotatable bonds is 13. The maximum Gasteiger partial charge on any atom is 0.363 e. The first-order valence-electron chi connectivity index (χ1n) is 12.1. The van der Waals surface area contributed by atoms with Gasteiger partial charge in [-0.15, -0.1) is 0 Å². The summed E-state index contributed by atoms with van der Waals surface area (Å²) in [5.41, 5.74) is 1.93. The van der Waals surface area contributed by atoms with Gasteiger partial charge >= 0.3 is 13.6 Å². The zero-order chi connectivity index (χ0) is 26.0. The molecule has 0 amide bonds. The lowest BCUT2D eigenvalue weighted by Gasteiger charge is -2.39. The molecule has 0 aliphatic carbocycles.